The molecule has 4 aliphatic carbocycles. The Balaban J connectivity index is 0.000000169. The zero-order valence-corrected chi connectivity index (χ0v) is 43.8. The van der Waals surface area contributed by atoms with E-state index < -0.39 is 11.9 Å². The van der Waals surface area contributed by atoms with Crippen molar-refractivity contribution < 1.29 is 34.1 Å². The monoisotopic (exact) mass is 1040 g/mol. The summed E-state index contributed by atoms with van der Waals surface area (Å²) in [5, 5.41) is 39.4. The lowest BCUT2D eigenvalue weighted by molar-refractivity contribution is -0.148. The number of aliphatic carboxylic acids is 2. The van der Waals surface area contributed by atoms with Crippen LogP contribution in [0.5, 0.6) is 0 Å². The summed E-state index contributed by atoms with van der Waals surface area (Å²) in [6.45, 7) is 13.0. The van der Waals surface area contributed by atoms with Gasteiger partial charge in [0.1, 0.15) is 11.0 Å². The highest BCUT2D eigenvalue weighted by Gasteiger charge is 2.52. The van der Waals surface area contributed by atoms with Gasteiger partial charge in [-0.25, -0.2) is 9.36 Å². The number of carbonyl (C=O) groups excluding carboxylic acids is 2. The molecule has 3 N–H and O–H groups in total. The minimum Gasteiger partial charge on any atom is -0.481 e. The lowest BCUT2D eigenvalue weighted by atomic mass is 9.81. The Morgan fingerprint density at radius 1 is 0.684 bits per heavy atom. The molecule has 4 fully saturated rings. The Labute approximate surface area is 448 Å². The zero-order chi connectivity index (χ0) is 51.9. The third kappa shape index (κ3) is 10.6. The fraction of sp³-hybridized carbons (Fsp3) is 0.541. The first-order valence-corrected chi connectivity index (χ1v) is 27.1. The van der Waals surface area contributed by atoms with E-state index in [1.807, 2.05) is 35.3 Å². The number of benzene rings is 4. The van der Waals surface area contributed by atoms with Crippen molar-refractivity contribution in [2.75, 3.05) is 20.2 Å². The SMILES string of the molecule is C.C.CCn1nnc2c(C)c(C(CC(=O)O)c3ccc4c(c3)CN(C(=O)C35CCC(CC3)C5)CC4)ccc21.CCn1nnc2c(C)c(C(CC(=O)OC)c3ccc4c(c3)CNCC4)ccc21.O=C(O)C12CCC(CC1)C2. The second kappa shape index (κ2) is 23.0. The van der Waals surface area contributed by atoms with Crippen LogP contribution in [-0.4, -0.2) is 89.1 Å². The van der Waals surface area contributed by atoms with Gasteiger partial charge in [0.05, 0.1) is 36.4 Å². The summed E-state index contributed by atoms with van der Waals surface area (Å²) in [6.07, 6.45) is 12.9. The lowest BCUT2D eigenvalue weighted by Crippen LogP contribution is -2.44. The Morgan fingerprint density at radius 3 is 1.67 bits per heavy atom. The highest BCUT2D eigenvalue weighted by atomic mass is 16.5. The average Bonchev–Trinajstić information content (AvgIpc) is 4.31. The maximum Gasteiger partial charge on any atom is 0.309 e. The number of nitrogens with zero attached hydrogens (tertiary/aromatic N) is 7. The van der Waals surface area contributed by atoms with E-state index in [0.717, 1.165) is 170 Å². The van der Waals surface area contributed by atoms with Gasteiger partial charge in [-0.05, 0) is 191 Å². The van der Waals surface area contributed by atoms with E-state index in [-0.39, 0.29) is 49.9 Å². The summed E-state index contributed by atoms with van der Waals surface area (Å²) in [7, 11) is 1.44. The topological polar surface area (TPSA) is 195 Å². The van der Waals surface area contributed by atoms with Crippen LogP contribution < -0.4 is 5.32 Å². The molecule has 6 aromatic rings. The molecule has 76 heavy (non-hydrogen) atoms. The van der Waals surface area contributed by atoms with Crippen LogP contribution in [-0.2, 0) is 62.9 Å². The maximum absolute atomic E-state index is 13.6. The first kappa shape index (κ1) is 55.7. The minimum absolute atomic E-state index is 0. The van der Waals surface area contributed by atoms with Gasteiger partial charge in [0.15, 0.2) is 0 Å². The molecule has 1 amide bonds. The quantitative estimate of drug-likeness (QED) is 0.0983. The number of carboxylic acid groups (broad SMARTS) is 2. The van der Waals surface area contributed by atoms with Crippen LogP contribution in [0.25, 0.3) is 22.1 Å². The van der Waals surface area contributed by atoms with Gasteiger partial charge in [-0.1, -0.05) is 73.8 Å². The van der Waals surface area contributed by atoms with E-state index in [4.69, 9.17) is 9.84 Å². The number of fused-ring (bicyclic) bond motifs is 8. The molecule has 2 aliphatic heterocycles. The van der Waals surface area contributed by atoms with Crippen molar-refractivity contribution in [3.05, 3.63) is 116 Å². The largest absolute Gasteiger partial charge is 0.481 e. The molecule has 15 heteroatoms. The fourth-order valence-corrected chi connectivity index (χ4v) is 13.8. The smallest absolute Gasteiger partial charge is 0.309 e. The Kier molecular flexibility index (Phi) is 16.9. The number of ether oxygens (including phenoxy) is 1. The first-order valence-electron chi connectivity index (χ1n) is 27.1. The van der Waals surface area contributed by atoms with E-state index in [9.17, 15) is 24.3 Å². The van der Waals surface area contributed by atoms with E-state index in [2.05, 4.69) is 93.2 Å². The van der Waals surface area contributed by atoms with Crippen LogP contribution in [0.3, 0.4) is 0 Å². The maximum atomic E-state index is 13.6. The normalized spacial score (nSPS) is 22.5. The van der Waals surface area contributed by atoms with Crippen molar-refractivity contribution in [1.82, 2.24) is 40.2 Å². The molecule has 2 atom stereocenters. The molecule has 15 nitrogen and oxygen atoms in total. The van der Waals surface area contributed by atoms with Gasteiger partial charge in [0.25, 0.3) is 0 Å². The standard InChI is InChI=1S/C29H34N4O3.C22H26N4O2.C8H12O2.2CH4/c1-3-33-25-7-6-23(18(2)27(25)30-31-33)24(15-26(34)35)21-5-4-20-10-13-32(17-22(20)14-21)28(36)29-11-8-19(16-29)9-12-29;1-4-26-20-8-7-18(14(2)22(20)24-25-26)19(12-21(27)28-3)16-6-5-15-9-10-23-13-17(15)11-16;9-7(10)8-3-1-6(5-8)2-4-8;;/h4-7,14,19,24H,3,8-13,15-17H2,1-2H3,(H,34,35);5-8,11,19,23H,4,9-10,12-13H2,1-3H3;6H,1-5H2,(H,9,10);2*1H4. The van der Waals surface area contributed by atoms with Crippen LogP contribution in [0, 0.1) is 36.5 Å². The van der Waals surface area contributed by atoms with Gasteiger partial charge in [-0.15, -0.1) is 10.2 Å². The predicted molar refractivity (Wildman–Crippen MR) is 295 cm³/mol. The Bertz CT molecular complexity index is 3110. The number of hydrogen-bond donors (Lipinski definition) is 3. The van der Waals surface area contributed by atoms with Crippen molar-refractivity contribution in [2.24, 2.45) is 22.7 Å². The van der Waals surface area contributed by atoms with Crippen molar-refractivity contribution in [1.29, 1.82) is 0 Å². The van der Waals surface area contributed by atoms with Crippen LogP contribution in [0.15, 0.2) is 60.7 Å². The lowest BCUT2D eigenvalue weighted by Gasteiger charge is -2.36. The highest BCUT2D eigenvalue weighted by Crippen LogP contribution is 2.56. The second-order valence-corrected chi connectivity index (χ2v) is 22.2. The molecule has 406 valence electrons. The van der Waals surface area contributed by atoms with E-state index >= 15 is 0 Å². The van der Waals surface area contributed by atoms with Crippen LogP contribution in [0.4, 0.5) is 0 Å². The molecule has 4 saturated carbocycles. The first-order chi connectivity index (χ1) is 35.7. The summed E-state index contributed by atoms with van der Waals surface area (Å²) in [5.41, 5.74) is 14.7. The summed E-state index contributed by atoms with van der Waals surface area (Å²) in [5.74, 6) is -0.117. The number of nitrogens with one attached hydrogen (secondary N) is 1. The van der Waals surface area contributed by atoms with Crippen molar-refractivity contribution >= 4 is 45.9 Å². The molecular weight excluding hydrogens is 957 g/mol. The molecule has 0 saturated heterocycles. The Hall–Kier alpha value is -6.48. The highest BCUT2D eigenvalue weighted by molar-refractivity contribution is 5.84. The van der Waals surface area contributed by atoms with Gasteiger partial charge in [0, 0.05) is 50.0 Å². The van der Waals surface area contributed by atoms with Gasteiger partial charge >= 0.3 is 17.9 Å². The number of aryl methyl sites for hydroxylation is 4. The molecule has 0 radical (unpaired) electrons. The molecular formula is C61H80N8O7. The Morgan fingerprint density at radius 2 is 1.20 bits per heavy atom. The summed E-state index contributed by atoms with van der Waals surface area (Å²) in [6, 6.07) is 21.2. The molecule has 2 unspecified atom stereocenters. The predicted octanol–water partition coefficient (Wildman–Crippen LogP) is 10.9. The van der Waals surface area contributed by atoms with Crippen LogP contribution in [0.2, 0.25) is 0 Å². The molecule has 6 aliphatic rings. The number of carboxylic acids is 2. The number of methoxy groups -OCH3 is 1. The number of aromatic nitrogens is 6. The molecule has 4 aromatic carbocycles. The number of esters is 1. The van der Waals surface area contributed by atoms with E-state index in [1.54, 1.807) is 0 Å². The van der Waals surface area contributed by atoms with Crippen molar-refractivity contribution in [2.45, 2.75) is 170 Å². The number of hydrogen-bond acceptors (Lipinski definition) is 10. The summed E-state index contributed by atoms with van der Waals surface area (Å²) < 4.78 is 8.76. The minimum atomic E-state index is -0.831. The molecule has 4 bridgehead atoms. The number of rotatable bonds is 12. The van der Waals surface area contributed by atoms with E-state index in [0.29, 0.717) is 18.9 Å². The third-order valence-corrected chi connectivity index (χ3v) is 18.1. The van der Waals surface area contributed by atoms with Crippen LogP contribution in [0.1, 0.15) is 173 Å². The van der Waals surface area contributed by atoms with Crippen LogP contribution >= 0.6 is 0 Å². The molecule has 4 heterocycles. The number of amides is 1. The molecule has 12 rings (SSSR count). The van der Waals surface area contributed by atoms with E-state index in [1.165, 1.54) is 36.6 Å². The molecule has 0 spiro atoms. The summed E-state index contributed by atoms with van der Waals surface area (Å²) in [4.78, 5) is 50.6. The second-order valence-electron chi connectivity index (χ2n) is 22.2. The molecule has 2 aromatic heterocycles. The fourth-order valence-electron chi connectivity index (χ4n) is 13.8. The third-order valence-electron chi connectivity index (χ3n) is 18.1. The van der Waals surface area contributed by atoms with Crippen molar-refractivity contribution in [3.8, 4) is 0 Å². The number of carbonyl (C=O) groups is 4. The van der Waals surface area contributed by atoms with Crippen molar-refractivity contribution in [3.63, 3.8) is 0 Å². The average molecular weight is 1040 g/mol. The zero-order valence-electron chi connectivity index (χ0n) is 43.8. The van der Waals surface area contributed by atoms with Gasteiger partial charge in [0.2, 0.25) is 5.91 Å². The van der Waals surface area contributed by atoms with Gasteiger partial charge in [-0.3, -0.25) is 19.2 Å². The van der Waals surface area contributed by atoms with Gasteiger partial charge < -0.3 is 25.2 Å². The van der Waals surface area contributed by atoms with Gasteiger partial charge in [-0.2, -0.15) is 0 Å². The summed E-state index contributed by atoms with van der Waals surface area (Å²) >= 11 is 0.